The Hall–Kier alpha value is -3.35. The molecule has 1 fully saturated rings. The molecule has 3 rings (SSSR count). The average molecular weight is 453 g/mol. The van der Waals surface area contributed by atoms with E-state index in [0.29, 0.717) is 0 Å². The lowest BCUT2D eigenvalue weighted by atomic mass is 10.0. The van der Waals surface area contributed by atoms with Crippen molar-refractivity contribution in [3.8, 4) is 11.8 Å². The highest BCUT2D eigenvalue weighted by atomic mass is 19.4. The molecule has 32 heavy (non-hydrogen) atoms. The van der Waals surface area contributed by atoms with Gasteiger partial charge in [-0.1, -0.05) is 0 Å². The molecule has 0 aromatic heterocycles. The number of anilines is 2. The molecule has 2 aromatic rings. The second-order valence-corrected chi connectivity index (χ2v) is 8.11. The molecule has 0 atom stereocenters. The molecule has 0 bridgehead atoms. The van der Waals surface area contributed by atoms with Gasteiger partial charge < -0.3 is 9.64 Å². The van der Waals surface area contributed by atoms with Gasteiger partial charge in [0.2, 0.25) is 0 Å². The van der Waals surface area contributed by atoms with Crippen LogP contribution in [0.5, 0.6) is 5.75 Å². The summed E-state index contributed by atoms with van der Waals surface area (Å²) in [5.74, 6) is -3.05. The van der Waals surface area contributed by atoms with E-state index in [1.54, 1.807) is 13.8 Å². The molecular formula is C22H20F5N3O2. The maximum absolute atomic E-state index is 14.5. The standard InChI is InChI=1S/C22H20F5N3O2/c1-12(2)32-19-17(23)8-15(9-18(19)24)30-11-29(20(31)21(30,3)4)14-6-5-13(10-28)16(7-14)22(25,26)27/h5-9,12H,11H2,1-4H3. The Labute approximate surface area is 181 Å². The second kappa shape index (κ2) is 7.97. The van der Waals surface area contributed by atoms with Crippen molar-refractivity contribution < 1.29 is 31.5 Å². The van der Waals surface area contributed by atoms with E-state index in [2.05, 4.69) is 0 Å². The molecule has 0 spiro atoms. The molecule has 0 radical (unpaired) electrons. The number of nitrogens with zero attached hydrogens (tertiary/aromatic N) is 3. The molecule has 5 nitrogen and oxygen atoms in total. The Bertz CT molecular complexity index is 1080. The van der Waals surface area contributed by atoms with Crippen molar-refractivity contribution in [2.75, 3.05) is 16.5 Å². The predicted molar refractivity (Wildman–Crippen MR) is 107 cm³/mol. The molecule has 1 aliphatic heterocycles. The van der Waals surface area contributed by atoms with Gasteiger partial charge >= 0.3 is 6.18 Å². The number of rotatable bonds is 4. The number of alkyl halides is 3. The molecular weight excluding hydrogens is 433 g/mol. The monoisotopic (exact) mass is 453 g/mol. The molecule has 170 valence electrons. The minimum absolute atomic E-state index is 0.0293. The van der Waals surface area contributed by atoms with Crippen molar-refractivity contribution in [2.45, 2.75) is 45.5 Å². The first-order valence-corrected chi connectivity index (χ1v) is 9.64. The second-order valence-electron chi connectivity index (χ2n) is 8.11. The van der Waals surface area contributed by atoms with Crippen LogP contribution in [0, 0.1) is 23.0 Å². The summed E-state index contributed by atoms with van der Waals surface area (Å²) in [6, 6.07) is 6.44. The molecule has 1 amide bonds. The average Bonchev–Trinajstić information content (AvgIpc) is 2.93. The summed E-state index contributed by atoms with van der Waals surface area (Å²) < 4.78 is 74.2. The van der Waals surface area contributed by atoms with E-state index >= 15 is 0 Å². The molecule has 0 saturated carbocycles. The van der Waals surface area contributed by atoms with E-state index in [0.717, 1.165) is 29.2 Å². The number of nitriles is 1. The molecule has 1 heterocycles. The van der Waals surface area contributed by atoms with Crippen LogP contribution < -0.4 is 14.5 Å². The third-order valence-corrected chi connectivity index (χ3v) is 5.12. The first kappa shape index (κ1) is 23.3. The van der Waals surface area contributed by atoms with Crippen LogP contribution in [-0.2, 0) is 11.0 Å². The minimum Gasteiger partial charge on any atom is -0.485 e. The van der Waals surface area contributed by atoms with Gasteiger partial charge in [-0.15, -0.1) is 0 Å². The number of amides is 1. The lowest BCUT2D eigenvalue weighted by molar-refractivity contribution is -0.137. The zero-order valence-electron chi connectivity index (χ0n) is 17.7. The van der Waals surface area contributed by atoms with Crippen LogP contribution in [0.3, 0.4) is 0 Å². The van der Waals surface area contributed by atoms with Gasteiger partial charge in [-0.25, -0.2) is 8.78 Å². The van der Waals surface area contributed by atoms with Crippen LogP contribution in [0.15, 0.2) is 30.3 Å². The lowest BCUT2D eigenvalue weighted by Crippen LogP contribution is -2.43. The van der Waals surface area contributed by atoms with Gasteiger partial charge in [0.05, 0.1) is 30.0 Å². The van der Waals surface area contributed by atoms with Crippen molar-refractivity contribution in [1.82, 2.24) is 0 Å². The summed E-state index contributed by atoms with van der Waals surface area (Å²) in [7, 11) is 0. The summed E-state index contributed by atoms with van der Waals surface area (Å²) in [5, 5.41) is 8.97. The number of hydrogen-bond donors (Lipinski definition) is 0. The third-order valence-electron chi connectivity index (χ3n) is 5.12. The fourth-order valence-electron chi connectivity index (χ4n) is 3.51. The zero-order valence-corrected chi connectivity index (χ0v) is 17.7. The van der Waals surface area contributed by atoms with E-state index in [9.17, 15) is 26.7 Å². The fraction of sp³-hybridized carbons (Fsp3) is 0.364. The van der Waals surface area contributed by atoms with Crippen molar-refractivity contribution in [1.29, 1.82) is 5.26 Å². The first-order chi connectivity index (χ1) is 14.8. The van der Waals surface area contributed by atoms with E-state index in [4.69, 9.17) is 10.00 Å². The summed E-state index contributed by atoms with van der Waals surface area (Å²) in [6.07, 6.45) is -5.26. The maximum atomic E-state index is 14.5. The topological polar surface area (TPSA) is 56.6 Å². The fourth-order valence-corrected chi connectivity index (χ4v) is 3.51. The van der Waals surface area contributed by atoms with Crippen LogP contribution in [0.1, 0.15) is 38.8 Å². The number of halogens is 5. The number of hydrogen-bond acceptors (Lipinski definition) is 4. The molecule has 0 unspecified atom stereocenters. The molecule has 0 aliphatic carbocycles. The van der Waals surface area contributed by atoms with Gasteiger partial charge in [0.25, 0.3) is 5.91 Å². The van der Waals surface area contributed by atoms with Crippen LogP contribution in [-0.4, -0.2) is 24.2 Å². The first-order valence-electron chi connectivity index (χ1n) is 9.64. The maximum Gasteiger partial charge on any atom is 0.417 e. The van der Waals surface area contributed by atoms with Crippen LogP contribution >= 0.6 is 0 Å². The van der Waals surface area contributed by atoms with E-state index in [1.807, 2.05) is 0 Å². The van der Waals surface area contributed by atoms with Crippen LogP contribution in [0.4, 0.5) is 33.3 Å². The molecule has 2 aromatic carbocycles. The van der Waals surface area contributed by atoms with Gasteiger partial charge in [-0.2, -0.15) is 18.4 Å². The number of benzene rings is 2. The van der Waals surface area contributed by atoms with Crippen LogP contribution in [0.2, 0.25) is 0 Å². The Kier molecular flexibility index (Phi) is 5.80. The van der Waals surface area contributed by atoms with Gasteiger partial charge in [0, 0.05) is 23.5 Å². The van der Waals surface area contributed by atoms with Gasteiger partial charge in [0.15, 0.2) is 17.4 Å². The van der Waals surface area contributed by atoms with Crippen molar-refractivity contribution >= 4 is 17.3 Å². The normalized spacial score (nSPS) is 16.0. The third kappa shape index (κ3) is 4.07. The summed E-state index contributed by atoms with van der Waals surface area (Å²) in [4.78, 5) is 15.5. The molecule has 0 N–H and O–H groups in total. The highest BCUT2D eigenvalue weighted by molar-refractivity contribution is 6.05. The number of ether oxygens (including phenoxy) is 1. The summed E-state index contributed by atoms with van der Waals surface area (Å²) in [6.45, 7) is 5.97. The Morgan fingerprint density at radius 1 is 1.09 bits per heavy atom. The van der Waals surface area contributed by atoms with Gasteiger partial charge in [0.1, 0.15) is 5.54 Å². The Morgan fingerprint density at radius 2 is 1.69 bits per heavy atom. The van der Waals surface area contributed by atoms with Crippen molar-refractivity contribution in [2.24, 2.45) is 0 Å². The summed E-state index contributed by atoms with van der Waals surface area (Å²) in [5.41, 5.74) is -3.12. The highest BCUT2D eigenvalue weighted by Crippen LogP contribution is 2.39. The SMILES string of the molecule is CC(C)Oc1c(F)cc(N2CN(c3ccc(C#N)c(C(F)(F)F)c3)C(=O)C2(C)C)cc1F. The zero-order chi connectivity index (χ0) is 24.0. The lowest BCUT2D eigenvalue weighted by Gasteiger charge is -2.30. The van der Waals surface area contributed by atoms with E-state index in [-0.39, 0.29) is 18.0 Å². The minimum atomic E-state index is -4.79. The summed E-state index contributed by atoms with van der Waals surface area (Å²) >= 11 is 0. The van der Waals surface area contributed by atoms with E-state index in [1.165, 1.54) is 30.9 Å². The van der Waals surface area contributed by atoms with Gasteiger partial charge in [-0.05, 0) is 45.9 Å². The number of carbonyl (C=O) groups excluding carboxylic acids is 1. The Balaban J connectivity index is 2.02. The molecule has 1 saturated heterocycles. The van der Waals surface area contributed by atoms with Crippen LogP contribution in [0.25, 0.3) is 0 Å². The highest BCUT2D eigenvalue weighted by Gasteiger charge is 2.47. The predicted octanol–water partition coefficient (Wildman–Crippen LogP) is 5.23. The largest absolute Gasteiger partial charge is 0.485 e. The Morgan fingerprint density at radius 3 is 2.19 bits per heavy atom. The quantitative estimate of drug-likeness (QED) is 0.595. The van der Waals surface area contributed by atoms with Crippen molar-refractivity contribution in [3.63, 3.8) is 0 Å². The molecule has 1 aliphatic rings. The number of carbonyl (C=O) groups is 1. The van der Waals surface area contributed by atoms with Crippen molar-refractivity contribution in [3.05, 3.63) is 53.1 Å². The van der Waals surface area contributed by atoms with Gasteiger partial charge in [-0.3, -0.25) is 9.69 Å². The smallest absolute Gasteiger partial charge is 0.417 e. The molecule has 10 heteroatoms. The van der Waals surface area contributed by atoms with E-state index < -0.39 is 52.2 Å².